The molecule has 0 spiro atoms. The predicted octanol–water partition coefficient (Wildman–Crippen LogP) is 1.16. The van der Waals surface area contributed by atoms with Crippen molar-refractivity contribution in [1.29, 1.82) is 0 Å². The van der Waals surface area contributed by atoms with Gasteiger partial charge in [0.25, 0.3) is 11.1 Å². The Kier molecular flexibility index (Phi) is 4.18. The summed E-state index contributed by atoms with van der Waals surface area (Å²) in [5.74, 6) is 1.02. The quantitative estimate of drug-likeness (QED) is 0.765. The van der Waals surface area contributed by atoms with Crippen LogP contribution >= 0.6 is 0 Å². The van der Waals surface area contributed by atoms with E-state index < -0.39 is 0 Å². The van der Waals surface area contributed by atoms with Crippen molar-refractivity contribution in [3.63, 3.8) is 0 Å². The van der Waals surface area contributed by atoms with E-state index >= 15 is 0 Å². The van der Waals surface area contributed by atoms with E-state index in [0.717, 1.165) is 5.69 Å². The van der Waals surface area contributed by atoms with Crippen LogP contribution in [0, 0.1) is 0 Å². The summed E-state index contributed by atoms with van der Waals surface area (Å²) in [5.41, 5.74) is 0.495. The molecule has 0 bridgehead atoms. The Balaban J connectivity index is 2.22. The van der Waals surface area contributed by atoms with Crippen molar-refractivity contribution in [2.45, 2.75) is 0 Å². The Morgan fingerprint density at radius 3 is 2.36 bits per heavy atom. The zero-order valence-corrected chi connectivity index (χ0v) is 14.4. The molecule has 2 aromatic heterocycles. The smallest absolute Gasteiger partial charge is 0.260 e. The number of hydrogen-bond donors (Lipinski definition) is 1. The average Bonchev–Trinajstić information content (AvgIpc) is 2.60. The molecular formula is C17H18N4O4. The van der Waals surface area contributed by atoms with Gasteiger partial charge in [-0.25, -0.2) is 4.98 Å². The fourth-order valence-corrected chi connectivity index (χ4v) is 2.49. The number of fused-ring (bicyclic) bond motifs is 1. The number of rotatable bonds is 4. The summed E-state index contributed by atoms with van der Waals surface area (Å²) in [6.45, 7) is 0. The largest absolute Gasteiger partial charge is 0.493 e. The third-order valence-electron chi connectivity index (χ3n) is 3.85. The van der Waals surface area contributed by atoms with Gasteiger partial charge in [-0.1, -0.05) is 0 Å². The molecule has 0 fully saturated rings. The number of anilines is 1. The first-order valence-corrected chi connectivity index (χ1v) is 7.51. The first-order chi connectivity index (χ1) is 11.9. The van der Waals surface area contributed by atoms with Gasteiger partial charge < -0.3 is 14.4 Å². The van der Waals surface area contributed by atoms with Gasteiger partial charge in [0.2, 0.25) is 5.95 Å². The summed E-state index contributed by atoms with van der Waals surface area (Å²) in [5, 5.41) is 0.347. The highest BCUT2D eigenvalue weighted by atomic mass is 16.5. The molecule has 0 amide bonds. The van der Waals surface area contributed by atoms with E-state index in [1.807, 2.05) is 19.0 Å². The molecule has 25 heavy (non-hydrogen) atoms. The summed E-state index contributed by atoms with van der Waals surface area (Å²) >= 11 is 0. The fourth-order valence-electron chi connectivity index (χ4n) is 2.49. The molecule has 8 heteroatoms. The molecule has 1 N–H and O–H groups in total. The summed E-state index contributed by atoms with van der Waals surface area (Å²) < 4.78 is 11.7. The molecule has 0 saturated heterocycles. The van der Waals surface area contributed by atoms with Crippen LogP contribution in [0.2, 0.25) is 0 Å². The summed E-state index contributed by atoms with van der Waals surface area (Å²) in [7, 11) is 6.68. The third-order valence-corrected chi connectivity index (χ3v) is 3.85. The Labute approximate surface area is 143 Å². The van der Waals surface area contributed by atoms with Crippen LogP contribution in [0.15, 0.2) is 40.1 Å². The second-order valence-corrected chi connectivity index (χ2v) is 5.60. The van der Waals surface area contributed by atoms with E-state index in [1.165, 1.54) is 24.9 Å². The Morgan fingerprint density at radius 2 is 1.76 bits per heavy atom. The Hall–Kier alpha value is -3.29. The van der Waals surface area contributed by atoms with E-state index in [4.69, 9.17) is 9.47 Å². The van der Waals surface area contributed by atoms with Crippen LogP contribution in [0.1, 0.15) is 0 Å². The molecule has 0 aliphatic carbocycles. The number of benzene rings is 1. The van der Waals surface area contributed by atoms with Crippen molar-refractivity contribution < 1.29 is 9.47 Å². The summed E-state index contributed by atoms with van der Waals surface area (Å²) in [6.07, 6.45) is 1.57. The van der Waals surface area contributed by atoms with Crippen molar-refractivity contribution in [3.05, 3.63) is 51.2 Å². The molecule has 8 nitrogen and oxygen atoms in total. The van der Waals surface area contributed by atoms with Gasteiger partial charge in [-0.15, -0.1) is 0 Å². The Bertz CT molecular complexity index is 1050. The van der Waals surface area contributed by atoms with Crippen LogP contribution in [0.5, 0.6) is 11.5 Å². The lowest BCUT2D eigenvalue weighted by Gasteiger charge is -2.13. The van der Waals surface area contributed by atoms with E-state index in [-0.39, 0.29) is 17.1 Å². The van der Waals surface area contributed by atoms with Crippen molar-refractivity contribution in [2.24, 2.45) is 0 Å². The summed E-state index contributed by atoms with van der Waals surface area (Å²) in [4.78, 5) is 33.6. The van der Waals surface area contributed by atoms with Gasteiger partial charge in [0.1, 0.15) is 0 Å². The minimum atomic E-state index is -0.371. The highest BCUT2D eigenvalue weighted by Gasteiger charge is 2.12. The number of nitrogens with zero attached hydrogens (tertiary/aromatic N) is 3. The van der Waals surface area contributed by atoms with E-state index in [0.29, 0.717) is 22.4 Å². The van der Waals surface area contributed by atoms with Gasteiger partial charge >= 0.3 is 0 Å². The maximum absolute atomic E-state index is 12.4. The van der Waals surface area contributed by atoms with E-state index in [9.17, 15) is 9.59 Å². The van der Waals surface area contributed by atoms with Crippen LogP contribution in [0.25, 0.3) is 16.9 Å². The average molecular weight is 342 g/mol. The minimum absolute atomic E-state index is 0.139. The molecule has 0 aliphatic heterocycles. The van der Waals surface area contributed by atoms with Crippen LogP contribution < -0.4 is 25.5 Å². The first kappa shape index (κ1) is 16.6. The highest BCUT2D eigenvalue weighted by molar-refractivity contribution is 5.82. The van der Waals surface area contributed by atoms with E-state index in [1.54, 1.807) is 24.4 Å². The van der Waals surface area contributed by atoms with Crippen molar-refractivity contribution in [2.75, 3.05) is 33.2 Å². The lowest BCUT2D eigenvalue weighted by atomic mass is 10.2. The van der Waals surface area contributed by atoms with Gasteiger partial charge in [0.05, 0.1) is 25.1 Å². The molecule has 0 unspecified atom stereocenters. The number of methoxy groups -OCH3 is 2. The number of hydrogen-bond acceptors (Lipinski definition) is 6. The molecule has 0 saturated carbocycles. The number of aromatic amines is 1. The number of nitrogens with one attached hydrogen (secondary N) is 1. The van der Waals surface area contributed by atoms with Gasteiger partial charge in [-0.05, 0) is 12.1 Å². The fraction of sp³-hybridized carbons (Fsp3) is 0.235. The second kappa shape index (κ2) is 6.31. The SMILES string of the molecule is COc1cc2nc(-n3ccc(N(C)C)cc3=O)[nH]c(=O)c2cc1OC. The monoisotopic (exact) mass is 342 g/mol. The standard InChI is InChI=1S/C17H18N4O4/c1-20(2)10-5-6-21(15(22)7-10)17-18-12-9-14(25-4)13(24-3)8-11(12)16(23)19-17/h5-9H,1-4H3,(H,18,19,23). The number of pyridine rings is 1. The summed E-state index contributed by atoms with van der Waals surface area (Å²) in [6, 6.07) is 6.40. The van der Waals surface area contributed by atoms with Gasteiger partial charge in [0, 0.05) is 38.1 Å². The van der Waals surface area contributed by atoms with Crippen molar-refractivity contribution in [3.8, 4) is 17.4 Å². The molecule has 3 aromatic rings. The van der Waals surface area contributed by atoms with Crippen LogP contribution in [0.3, 0.4) is 0 Å². The maximum Gasteiger partial charge on any atom is 0.260 e. The molecular weight excluding hydrogens is 324 g/mol. The number of ether oxygens (including phenoxy) is 2. The second-order valence-electron chi connectivity index (χ2n) is 5.60. The third kappa shape index (κ3) is 2.93. The first-order valence-electron chi connectivity index (χ1n) is 7.51. The zero-order valence-electron chi connectivity index (χ0n) is 14.4. The van der Waals surface area contributed by atoms with Crippen LogP contribution in [0.4, 0.5) is 5.69 Å². The van der Waals surface area contributed by atoms with Crippen molar-refractivity contribution >= 4 is 16.6 Å². The lowest BCUT2D eigenvalue weighted by molar-refractivity contribution is 0.355. The minimum Gasteiger partial charge on any atom is -0.493 e. The maximum atomic E-state index is 12.4. The highest BCUT2D eigenvalue weighted by Crippen LogP contribution is 2.30. The molecule has 0 atom stereocenters. The Morgan fingerprint density at radius 1 is 1.08 bits per heavy atom. The van der Waals surface area contributed by atoms with Gasteiger partial charge in [0.15, 0.2) is 11.5 Å². The zero-order chi connectivity index (χ0) is 18.1. The lowest BCUT2D eigenvalue weighted by Crippen LogP contribution is -2.24. The van der Waals surface area contributed by atoms with Crippen LogP contribution in [-0.4, -0.2) is 42.8 Å². The van der Waals surface area contributed by atoms with Gasteiger partial charge in [-0.2, -0.15) is 0 Å². The number of H-pyrrole nitrogens is 1. The molecule has 0 aliphatic rings. The van der Waals surface area contributed by atoms with Crippen LogP contribution in [-0.2, 0) is 0 Å². The van der Waals surface area contributed by atoms with E-state index in [2.05, 4.69) is 9.97 Å². The molecule has 130 valence electrons. The molecule has 0 radical (unpaired) electrons. The van der Waals surface area contributed by atoms with Gasteiger partial charge in [-0.3, -0.25) is 19.1 Å². The van der Waals surface area contributed by atoms with Crippen molar-refractivity contribution in [1.82, 2.24) is 14.5 Å². The predicted molar refractivity (Wildman–Crippen MR) is 95.4 cm³/mol. The molecule has 1 aromatic carbocycles. The molecule has 2 heterocycles. The molecule has 3 rings (SSSR count). The topological polar surface area (TPSA) is 89.5 Å². The number of aromatic nitrogens is 3. The normalized spacial score (nSPS) is 10.7.